The summed E-state index contributed by atoms with van der Waals surface area (Å²) in [7, 11) is 0. The lowest BCUT2D eigenvalue weighted by atomic mass is 9.96. The lowest BCUT2D eigenvalue weighted by Gasteiger charge is -2.13. The van der Waals surface area contributed by atoms with E-state index in [4.69, 9.17) is 29.1 Å². The summed E-state index contributed by atoms with van der Waals surface area (Å²) >= 11 is 11.2. The molecule has 102 valence electrons. The number of benzene rings is 1. The summed E-state index contributed by atoms with van der Waals surface area (Å²) < 4.78 is 14.3. The number of rotatable bonds is 2. The summed E-state index contributed by atoms with van der Waals surface area (Å²) in [5.41, 5.74) is 3.30. The standard InChI is InChI=1S/C15H12ClFN2S/c1-8-10(9(2)19-15(20)12(8)7-18)6-11-13(16)4-3-5-14(11)17/h3-5H,6H2,1-2H3,(H,19,20). The van der Waals surface area contributed by atoms with Gasteiger partial charge in [-0.15, -0.1) is 0 Å². The van der Waals surface area contributed by atoms with Crippen molar-refractivity contribution < 1.29 is 4.39 Å². The Labute approximate surface area is 126 Å². The molecule has 1 N–H and O–H groups in total. The zero-order valence-corrected chi connectivity index (χ0v) is 12.6. The summed E-state index contributed by atoms with van der Waals surface area (Å²) in [4.78, 5) is 2.99. The van der Waals surface area contributed by atoms with Gasteiger partial charge in [-0.2, -0.15) is 5.26 Å². The van der Waals surface area contributed by atoms with Gasteiger partial charge in [0.05, 0.1) is 5.56 Å². The van der Waals surface area contributed by atoms with Crippen LogP contribution in [0.2, 0.25) is 5.02 Å². The molecule has 1 aromatic heterocycles. The molecule has 2 aromatic rings. The number of halogens is 2. The molecule has 0 saturated heterocycles. The van der Waals surface area contributed by atoms with Gasteiger partial charge < -0.3 is 4.98 Å². The highest BCUT2D eigenvalue weighted by Gasteiger charge is 2.14. The van der Waals surface area contributed by atoms with Gasteiger partial charge in [-0.1, -0.05) is 29.9 Å². The molecular formula is C15H12ClFN2S. The number of pyridine rings is 1. The van der Waals surface area contributed by atoms with E-state index in [9.17, 15) is 4.39 Å². The second-order valence-corrected chi connectivity index (χ2v) is 5.36. The molecule has 5 heteroatoms. The molecule has 0 amide bonds. The Hall–Kier alpha value is -1.70. The minimum absolute atomic E-state index is 0.323. The normalized spacial score (nSPS) is 10.3. The van der Waals surface area contributed by atoms with Crippen LogP contribution in [0.3, 0.4) is 0 Å². The summed E-state index contributed by atoms with van der Waals surface area (Å²) in [5.74, 6) is -0.350. The highest BCUT2D eigenvalue weighted by Crippen LogP contribution is 2.26. The summed E-state index contributed by atoms with van der Waals surface area (Å²) in [6.45, 7) is 3.67. The van der Waals surface area contributed by atoms with Crippen LogP contribution in [-0.2, 0) is 6.42 Å². The van der Waals surface area contributed by atoms with Crippen LogP contribution >= 0.6 is 23.8 Å². The number of hydrogen-bond donors (Lipinski definition) is 1. The molecule has 0 saturated carbocycles. The second kappa shape index (κ2) is 5.74. The van der Waals surface area contributed by atoms with Crippen LogP contribution in [0.5, 0.6) is 0 Å². The fraction of sp³-hybridized carbons (Fsp3) is 0.200. The molecule has 1 heterocycles. The Morgan fingerprint density at radius 3 is 2.65 bits per heavy atom. The first-order valence-electron chi connectivity index (χ1n) is 6.01. The third kappa shape index (κ3) is 2.60. The fourth-order valence-electron chi connectivity index (χ4n) is 2.19. The first-order valence-corrected chi connectivity index (χ1v) is 6.79. The maximum atomic E-state index is 13.9. The van der Waals surface area contributed by atoms with Gasteiger partial charge in [-0.25, -0.2) is 4.39 Å². The Bertz CT molecular complexity index is 754. The van der Waals surface area contributed by atoms with Crippen LogP contribution in [-0.4, -0.2) is 4.98 Å². The number of H-pyrrole nitrogens is 1. The van der Waals surface area contributed by atoms with Gasteiger partial charge in [-0.05, 0) is 37.1 Å². The number of aromatic amines is 1. The van der Waals surface area contributed by atoms with Crippen molar-refractivity contribution in [2.24, 2.45) is 0 Å². The van der Waals surface area contributed by atoms with Gasteiger partial charge in [0.1, 0.15) is 16.5 Å². The monoisotopic (exact) mass is 306 g/mol. The predicted octanol–water partition coefficient (Wildman–Crippen LogP) is 4.62. The Balaban J connectivity index is 2.61. The van der Waals surface area contributed by atoms with E-state index in [1.165, 1.54) is 6.07 Å². The first kappa shape index (κ1) is 14.7. The van der Waals surface area contributed by atoms with Crippen molar-refractivity contribution in [3.05, 3.63) is 61.6 Å². The number of nitrogens with one attached hydrogen (secondary N) is 1. The van der Waals surface area contributed by atoms with E-state index in [-0.39, 0.29) is 5.82 Å². The van der Waals surface area contributed by atoms with E-state index < -0.39 is 0 Å². The van der Waals surface area contributed by atoms with E-state index in [1.54, 1.807) is 12.1 Å². The zero-order valence-electron chi connectivity index (χ0n) is 11.1. The van der Waals surface area contributed by atoms with Crippen LogP contribution in [0.15, 0.2) is 18.2 Å². The average Bonchev–Trinajstić information content (AvgIpc) is 2.37. The number of nitrogens with zero attached hydrogens (tertiary/aromatic N) is 1. The number of hydrogen-bond acceptors (Lipinski definition) is 2. The van der Waals surface area contributed by atoms with E-state index in [2.05, 4.69) is 11.1 Å². The largest absolute Gasteiger partial charge is 0.349 e. The SMILES string of the molecule is Cc1[nH]c(=S)c(C#N)c(C)c1Cc1c(F)cccc1Cl. The van der Waals surface area contributed by atoms with Crippen LogP contribution in [0, 0.1) is 35.6 Å². The van der Waals surface area contributed by atoms with Crippen molar-refractivity contribution in [1.82, 2.24) is 4.98 Å². The summed E-state index contributed by atoms with van der Waals surface area (Å²) in [5, 5.41) is 9.53. The Kier molecular flexibility index (Phi) is 4.22. The zero-order chi connectivity index (χ0) is 14.9. The second-order valence-electron chi connectivity index (χ2n) is 4.55. The van der Waals surface area contributed by atoms with Crippen LogP contribution in [0.25, 0.3) is 0 Å². The number of aromatic nitrogens is 1. The molecule has 2 rings (SSSR count). The molecule has 0 bridgehead atoms. The number of nitriles is 1. The fourth-order valence-corrected chi connectivity index (χ4v) is 2.77. The lowest BCUT2D eigenvalue weighted by Crippen LogP contribution is -2.04. The average molecular weight is 307 g/mol. The van der Waals surface area contributed by atoms with Crippen molar-refractivity contribution in [3.8, 4) is 6.07 Å². The molecule has 0 radical (unpaired) electrons. The third-order valence-corrected chi connectivity index (χ3v) is 4.00. The smallest absolute Gasteiger partial charge is 0.128 e. The van der Waals surface area contributed by atoms with E-state index >= 15 is 0 Å². The molecule has 0 aliphatic carbocycles. The quantitative estimate of drug-likeness (QED) is 0.823. The molecule has 0 spiro atoms. The summed E-state index contributed by atoms with van der Waals surface area (Å²) in [6.07, 6.45) is 0.323. The minimum Gasteiger partial charge on any atom is -0.349 e. The maximum absolute atomic E-state index is 13.9. The van der Waals surface area contributed by atoms with Crippen molar-refractivity contribution >= 4 is 23.8 Å². The summed E-state index contributed by atoms with van der Waals surface area (Å²) in [6, 6.07) is 6.68. The molecule has 2 nitrogen and oxygen atoms in total. The van der Waals surface area contributed by atoms with Crippen LogP contribution in [0.4, 0.5) is 4.39 Å². The minimum atomic E-state index is -0.350. The van der Waals surface area contributed by atoms with Gasteiger partial charge >= 0.3 is 0 Å². The Morgan fingerprint density at radius 2 is 2.05 bits per heavy atom. The van der Waals surface area contributed by atoms with Gasteiger partial charge in [-0.3, -0.25) is 0 Å². The molecule has 0 aliphatic rings. The predicted molar refractivity (Wildman–Crippen MR) is 80.0 cm³/mol. The topological polar surface area (TPSA) is 39.6 Å². The molecule has 0 aliphatic heterocycles. The van der Waals surface area contributed by atoms with E-state index in [0.29, 0.717) is 27.2 Å². The first-order chi connectivity index (χ1) is 9.45. The third-order valence-electron chi connectivity index (χ3n) is 3.34. The number of aryl methyl sites for hydroxylation is 1. The molecule has 0 atom stereocenters. The Morgan fingerprint density at radius 1 is 1.35 bits per heavy atom. The van der Waals surface area contributed by atoms with E-state index in [1.807, 2.05) is 13.8 Å². The maximum Gasteiger partial charge on any atom is 0.128 e. The van der Waals surface area contributed by atoms with Crippen molar-refractivity contribution in [3.63, 3.8) is 0 Å². The van der Waals surface area contributed by atoms with Crippen molar-refractivity contribution in [2.75, 3.05) is 0 Å². The molecule has 0 unspecified atom stereocenters. The lowest BCUT2D eigenvalue weighted by molar-refractivity contribution is 0.613. The van der Waals surface area contributed by atoms with Gasteiger partial charge in [0.25, 0.3) is 0 Å². The van der Waals surface area contributed by atoms with E-state index in [0.717, 1.165) is 16.8 Å². The van der Waals surface area contributed by atoms with Crippen molar-refractivity contribution in [1.29, 1.82) is 5.26 Å². The molecule has 20 heavy (non-hydrogen) atoms. The highest BCUT2D eigenvalue weighted by atomic mass is 35.5. The van der Waals surface area contributed by atoms with Crippen molar-refractivity contribution in [2.45, 2.75) is 20.3 Å². The van der Waals surface area contributed by atoms with Crippen LogP contribution in [0.1, 0.15) is 27.9 Å². The van der Waals surface area contributed by atoms with Gasteiger partial charge in [0, 0.05) is 22.7 Å². The molecule has 0 fully saturated rings. The van der Waals surface area contributed by atoms with Gasteiger partial charge in [0.15, 0.2) is 0 Å². The van der Waals surface area contributed by atoms with Gasteiger partial charge in [0.2, 0.25) is 0 Å². The molecule has 1 aromatic carbocycles. The van der Waals surface area contributed by atoms with Crippen LogP contribution < -0.4 is 0 Å². The highest BCUT2D eigenvalue weighted by molar-refractivity contribution is 7.71. The molecular weight excluding hydrogens is 295 g/mol.